The standard InChI is InChI=1S/C29H36N2O5/c1-5-19-14-23-24(27(23)28(32)33)16-30-26(15-19)36-17-20-7-6-8-21(13-20)22-9-10-25(31-18(22)2)35-12-11-29(3,4)34/h6-10,13,15,23-24,27,34H,5,11-12,14,16-17H2,1-4H3,(H,32,33)/b19-15+,30-26+/t23?,24?,27-/m0/s1. The summed E-state index contributed by atoms with van der Waals surface area (Å²) in [5.74, 6) is 0.439. The number of hydrogen-bond donors (Lipinski definition) is 2. The quantitative estimate of drug-likeness (QED) is 0.499. The number of aliphatic hydroxyl groups is 1. The number of carboxylic acid groups (broad SMARTS) is 1. The Morgan fingerprint density at radius 1 is 1.17 bits per heavy atom. The van der Waals surface area contributed by atoms with Crippen molar-refractivity contribution >= 4 is 11.9 Å². The van der Waals surface area contributed by atoms with Crippen molar-refractivity contribution in [1.82, 2.24) is 4.98 Å². The summed E-state index contributed by atoms with van der Waals surface area (Å²) in [5.41, 5.74) is 4.35. The summed E-state index contributed by atoms with van der Waals surface area (Å²) in [6, 6.07) is 12.0. The molecule has 1 aromatic heterocycles. The van der Waals surface area contributed by atoms with Gasteiger partial charge in [-0.3, -0.25) is 9.79 Å². The molecular formula is C29H36N2O5. The molecule has 3 atom stereocenters. The van der Waals surface area contributed by atoms with E-state index >= 15 is 0 Å². The van der Waals surface area contributed by atoms with Gasteiger partial charge >= 0.3 is 5.97 Å². The van der Waals surface area contributed by atoms with Crippen molar-refractivity contribution in [3.05, 3.63) is 59.3 Å². The minimum Gasteiger partial charge on any atom is -0.481 e. The van der Waals surface area contributed by atoms with Crippen LogP contribution in [0.4, 0.5) is 0 Å². The zero-order valence-electron chi connectivity index (χ0n) is 21.5. The number of fused-ring (bicyclic) bond motifs is 1. The van der Waals surface area contributed by atoms with Gasteiger partial charge in [-0.05, 0) is 74.8 Å². The normalized spacial score (nSPS) is 24.3. The maximum Gasteiger partial charge on any atom is 0.307 e. The number of allylic oxidation sites excluding steroid dienone is 1. The van der Waals surface area contributed by atoms with Crippen LogP contribution in [0.15, 0.2) is 53.0 Å². The fourth-order valence-electron chi connectivity index (χ4n) is 4.76. The highest BCUT2D eigenvalue weighted by Gasteiger charge is 2.54. The first-order valence-corrected chi connectivity index (χ1v) is 12.7. The lowest BCUT2D eigenvalue weighted by Gasteiger charge is -2.17. The van der Waals surface area contributed by atoms with E-state index in [0.29, 0.717) is 38.0 Å². The van der Waals surface area contributed by atoms with Crippen LogP contribution in [0.2, 0.25) is 0 Å². The molecule has 2 unspecified atom stereocenters. The van der Waals surface area contributed by atoms with E-state index in [4.69, 9.17) is 9.47 Å². The summed E-state index contributed by atoms with van der Waals surface area (Å²) >= 11 is 0. The van der Waals surface area contributed by atoms with Gasteiger partial charge in [0.25, 0.3) is 0 Å². The molecule has 36 heavy (non-hydrogen) atoms. The Hall–Kier alpha value is -3.19. The largest absolute Gasteiger partial charge is 0.481 e. The number of aliphatic carboxylic acids is 1. The zero-order valence-corrected chi connectivity index (χ0v) is 21.5. The molecule has 192 valence electrons. The third-order valence-corrected chi connectivity index (χ3v) is 7.00. The van der Waals surface area contributed by atoms with E-state index < -0.39 is 11.6 Å². The predicted octanol–water partition coefficient (Wildman–Crippen LogP) is 5.20. The van der Waals surface area contributed by atoms with E-state index in [1.807, 2.05) is 43.3 Å². The van der Waals surface area contributed by atoms with Crippen LogP contribution < -0.4 is 4.74 Å². The number of aromatic nitrogens is 1. The lowest BCUT2D eigenvalue weighted by atomic mass is 10.0. The van der Waals surface area contributed by atoms with E-state index in [9.17, 15) is 15.0 Å². The van der Waals surface area contributed by atoms with Crippen LogP contribution in [-0.2, 0) is 16.1 Å². The number of nitrogens with zero attached hydrogens (tertiary/aromatic N) is 2. The lowest BCUT2D eigenvalue weighted by Crippen LogP contribution is -2.22. The number of benzene rings is 1. The molecule has 0 radical (unpaired) electrons. The second-order valence-corrected chi connectivity index (χ2v) is 10.4. The lowest BCUT2D eigenvalue weighted by molar-refractivity contribution is -0.139. The minimum absolute atomic E-state index is 0.109. The van der Waals surface area contributed by atoms with Crippen molar-refractivity contribution in [2.75, 3.05) is 13.2 Å². The highest BCUT2D eigenvalue weighted by atomic mass is 16.5. The third kappa shape index (κ3) is 6.52. The highest BCUT2D eigenvalue weighted by molar-refractivity contribution is 5.89. The van der Waals surface area contributed by atoms with Gasteiger partial charge in [0.05, 0.1) is 18.1 Å². The van der Waals surface area contributed by atoms with Gasteiger partial charge in [0.2, 0.25) is 11.8 Å². The van der Waals surface area contributed by atoms with E-state index in [1.54, 1.807) is 13.8 Å². The van der Waals surface area contributed by atoms with E-state index in [2.05, 4.69) is 23.0 Å². The van der Waals surface area contributed by atoms with Gasteiger partial charge < -0.3 is 19.7 Å². The first-order valence-electron chi connectivity index (χ1n) is 12.7. The molecule has 0 bridgehead atoms. The monoisotopic (exact) mass is 492 g/mol. The molecule has 7 heteroatoms. The molecule has 1 fully saturated rings. The molecule has 2 N–H and O–H groups in total. The van der Waals surface area contributed by atoms with Crippen molar-refractivity contribution in [2.24, 2.45) is 22.7 Å². The molecule has 0 saturated heterocycles. The van der Waals surface area contributed by atoms with Gasteiger partial charge in [0, 0.05) is 30.3 Å². The van der Waals surface area contributed by atoms with Crippen LogP contribution >= 0.6 is 0 Å². The second-order valence-electron chi connectivity index (χ2n) is 10.4. The molecule has 2 heterocycles. The number of ether oxygens (including phenoxy) is 2. The maximum absolute atomic E-state index is 11.5. The maximum atomic E-state index is 11.5. The number of carbonyl (C=O) groups is 1. The van der Waals surface area contributed by atoms with Crippen LogP contribution in [0, 0.1) is 24.7 Å². The average Bonchev–Trinajstić information content (AvgIpc) is 3.49. The Balaban J connectivity index is 1.41. The molecular weight excluding hydrogens is 456 g/mol. The number of carboxylic acids is 1. The third-order valence-electron chi connectivity index (χ3n) is 7.00. The van der Waals surface area contributed by atoms with Crippen LogP contribution in [0.1, 0.15) is 51.3 Å². The van der Waals surface area contributed by atoms with Gasteiger partial charge in [-0.1, -0.05) is 30.7 Å². The molecule has 0 spiro atoms. The molecule has 1 saturated carbocycles. The predicted molar refractivity (Wildman–Crippen MR) is 139 cm³/mol. The first-order chi connectivity index (χ1) is 17.1. The Morgan fingerprint density at radius 2 is 1.97 bits per heavy atom. The smallest absolute Gasteiger partial charge is 0.307 e. The van der Waals surface area contributed by atoms with Crippen LogP contribution in [0.5, 0.6) is 5.88 Å². The number of pyridine rings is 1. The van der Waals surface area contributed by atoms with Crippen molar-refractivity contribution in [1.29, 1.82) is 0 Å². The van der Waals surface area contributed by atoms with Gasteiger partial charge in [-0.15, -0.1) is 0 Å². The van der Waals surface area contributed by atoms with E-state index in [1.165, 1.54) is 5.57 Å². The number of aliphatic imine (C=N–C) groups is 1. The van der Waals surface area contributed by atoms with Crippen molar-refractivity contribution < 1.29 is 24.5 Å². The van der Waals surface area contributed by atoms with Gasteiger partial charge in [0.15, 0.2) is 0 Å². The van der Waals surface area contributed by atoms with Crippen molar-refractivity contribution in [3.63, 3.8) is 0 Å². The van der Waals surface area contributed by atoms with Gasteiger partial charge in [-0.2, -0.15) is 0 Å². The van der Waals surface area contributed by atoms with Crippen LogP contribution in [0.3, 0.4) is 0 Å². The molecule has 2 aromatic rings. The number of hydrogen-bond acceptors (Lipinski definition) is 6. The molecule has 1 aliphatic carbocycles. The summed E-state index contributed by atoms with van der Waals surface area (Å²) < 4.78 is 11.8. The van der Waals surface area contributed by atoms with Crippen molar-refractivity contribution in [3.8, 4) is 17.0 Å². The molecule has 2 aliphatic rings. The fourth-order valence-corrected chi connectivity index (χ4v) is 4.76. The Kier molecular flexibility index (Phi) is 7.79. The zero-order chi connectivity index (χ0) is 25.9. The number of aryl methyl sites for hydroxylation is 1. The molecule has 1 aliphatic heterocycles. The summed E-state index contributed by atoms with van der Waals surface area (Å²) in [4.78, 5) is 20.7. The summed E-state index contributed by atoms with van der Waals surface area (Å²) in [7, 11) is 0. The van der Waals surface area contributed by atoms with E-state index in [0.717, 1.165) is 35.2 Å². The highest BCUT2D eigenvalue weighted by Crippen LogP contribution is 2.51. The summed E-state index contributed by atoms with van der Waals surface area (Å²) in [6.07, 6.45) is 4.18. The summed E-state index contributed by atoms with van der Waals surface area (Å²) in [6.45, 7) is 8.84. The number of rotatable bonds is 9. The average molecular weight is 493 g/mol. The Morgan fingerprint density at radius 3 is 2.67 bits per heavy atom. The van der Waals surface area contributed by atoms with Gasteiger partial charge in [-0.25, -0.2) is 4.98 Å². The molecule has 7 nitrogen and oxygen atoms in total. The minimum atomic E-state index is -0.770. The molecule has 0 amide bonds. The van der Waals surface area contributed by atoms with Gasteiger partial charge in [0.1, 0.15) is 6.61 Å². The second kappa shape index (κ2) is 10.8. The topological polar surface area (TPSA) is 101 Å². The van der Waals surface area contributed by atoms with Crippen LogP contribution in [-0.4, -0.2) is 45.8 Å². The van der Waals surface area contributed by atoms with Crippen molar-refractivity contribution in [2.45, 2.75) is 59.2 Å². The van der Waals surface area contributed by atoms with E-state index in [-0.39, 0.29) is 17.8 Å². The molecule has 1 aromatic carbocycles. The van der Waals surface area contributed by atoms with Crippen LogP contribution in [0.25, 0.3) is 11.1 Å². The molecule has 4 rings (SSSR count). The summed E-state index contributed by atoms with van der Waals surface area (Å²) in [5, 5.41) is 19.3. The fraction of sp³-hybridized carbons (Fsp3) is 0.483. The SMILES string of the molecule is CC/C1=C\C(OCc2cccc(-c3ccc(OCCC(C)(C)O)nc3C)c2)=N/CC2C(C1)[C@@H]2C(=O)O. The Bertz CT molecular complexity index is 1160. The first kappa shape index (κ1) is 25.9. The Labute approximate surface area is 212 Å².